The lowest BCUT2D eigenvalue weighted by atomic mass is 9.99. The molecule has 0 bridgehead atoms. The van der Waals surface area contributed by atoms with Crippen molar-refractivity contribution in [3.63, 3.8) is 0 Å². The van der Waals surface area contributed by atoms with Gasteiger partial charge in [-0.25, -0.2) is 4.98 Å². The zero-order valence-corrected chi connectivity index (χ0v) is 14.3. The second-order valence-electron chi connectivity index (χ2n) is 6.38. The Morgan fingerprint density at radius 3 is 2.88 bits per heavy atom. The van der Waals surface area contributed by atoms with Crippen LogP contribution in [0.15, 0.2) is 35.4 Å². The maximum absolute atomic E-state index is 12.7. The molecule has 126 valence electrons. The Balaban J connectivity index is 1.80. The van der Waals surface area contributed by atoms with Crippen LogP contribution < -0.4 is 10.5 Å². The van der Waals surface area contributed by atoms with Crippen LogP contribution in [0.25, 0.3) is 0 Å². The second kappa shape index (κ2) is 6.99. The molecule has 0 aliphatic carbocycles. The summed E-state index contributed by atoms with van der Waals surface area (Å²) < 4.78 is 1.39. The van der Waals surface area contributed by atoms with Crippen molar-refractivity contribution in [2.75, 3.05) is 11.4 Å². The van der Waals surface area contributed by atoms with Gasteiger partial charge < -0.3 is 4.90 Å². The van der Waals surface area contributed by atoms with Gasteiger partial charge in [0.05, 0.1) is 6.33 Å². The van der Waals surface area contributed by atoms with E-state index < -0.39 is 0 Å². The number of hydrogen-bond acceptors (Lipinski definition) is 3. The fourth-order valence-electron chi connectivity index (χ4n) is 3.19. The molecule has 5 heteroatoms. The summed E-state index contributed by atoms with van der Waals surface area (Å²) in [6.45, 7) is 4.84. The quantitative estimate of drug-likeness (QED) is 0.868. The summed E-state index contributed by atoms with van der Waals surface area (Å²) in [5.74, 6) is -0.0630. The first-order valence-corrected chi connectivity index (χ1v) is 8.53. The van der Waals surface area contributed by atoms with Gasteiger partial charge in [0.2, 0.25) is 5.91 Å². The molecule has 1 aliphatic rings. The Labute approximate surface area is 141 Å². The summed E-state index contributed by atoms with van der Waals surface area (Å²) in [5.41, 5.74) is 4.00. The van der Waals surface area contributed by atoms with E-state index in [2.05, 4.69) is 18.0 Å². The first-order valence-electron chi connectivity index (χ1n) is 8.53. The lowest BCUT2D eigenvalue weighted by Crippen LogP contribution is -2.39. The van der Waals surface area contributed by atoms with Crippen molar-refractivity contribution < 1.29 is 4.79 Å². The van der Waals surface area contributed by atoms with E-state index in [1.165, 1.54) is 28.1 Å². The molecule has 2 aromatic rings. The molecule has 0 spiro atoms. The summed E-state index contributed by atoms with van der Waals surface area (Å²) in [7, 11) is 0. The normalized spacial score (nSPS) is 13.7. The highest BCUT2D eigenvalue weighted by Gasteiger charge is 2.22. The molecule has 1 amide bonds. The van der Waals surface area contributed by atoms with Gasteiger partial charge in [-0.2, -0.15) is 0 Å². The molecule has 0 fully saturated rings. The third-order valence-corrected chi connectivity index (χ3v) is 4.40. The Bertz CT molecular complexity index is 810. The van der Waals surface area contributed by atoms with Crippen LogP contribution in [-0.4, -0.2) is 22.0 Å². The van der Waals surface area contributed by atoms with Gasteiger partial charge >= 0.3 is 0 Å². The molecule has 1 aromatic heterocycles. The van der Waals surface area contributed by atoms with E-state index in [4.69, 9.17) is 0 Å². The smallest absolute Gasteiger partial charge is 0.253 e. The zero-order valence-electron chi connectivity index (χ0n) is 14.3. The predicted molar refractivity (Wildman–Crippen MR) is 94.3 cm³/mol. The Morgan fingerprint density at radius 1 is 1.29 bits per heavy atom. The van der Waals surface area contributed by atoms with Gasteiger partial charge in [0.25, 0.3) is 5.56 Å². The number of amides is 1. The van der Waals surface area contributed by atoms with Gasteiger partial charge in [-0.3, -0.25) is 14.2 Å². The maximum atomic E-state index is 12.7. The first-order chi connectivity index (χ1) is 11.6. The first kappa shape index (κ1) is 16.4. The number of rotatable bonds is 4. The number of aryl methyl sites for hydroxylation is 3. The van der Waals surface area contributed by atoms with Gasteiger partial charge in [0.1, 0.15) is 6.54 Å². The van der Waals surface area contributed by atoms with Crippen LogP contribution in [0.5, 0.6) is 0 Å². The van der Waals surface area contributed by atoms with Gasteiger partial charge in [-0.15, -0.1) is 0 Å². The van der Waals surface area contributed by atoms with E-state index in [9.17, 15) is 9.59 Å². The number of carbonyl (C=O) groups excluding carboxylic acids is 1. The Morgan fingerprint density at radius 2 is 2.12 bits per heavy atom. The number of carbonyl (C=O) groups is 1. The van der Waals surface area contributed by atoms with Gasteiger partial charge in [-0.1, -0.05) is 31.0 Å². The predicted octanol–water partition coefficient (Wildman–Crippen LogP) is 2.48. The van der Waals surface area contributed by atoms with Crippen LogP contribution in [-0.2, 0) is 24.2 Å². The van der Waals surface area contributed by atoms with Crippen LogP contribution in [0, 0.1) is 6.92 Å². The summed E-state index contributed by atoms with van der Waals surface area (Å²) >= 11 is 0. The number of benzene rings is 1. The van der Waals surface area contributed by atoms with Gasteiger partial charge in [0.15, 0.2) is 0 Å². The van der Waals surface area contributed by atoms with Crippen LogP contribution in [0.4, 0.5) is 5.69 Å². The van der Waals surface area contributed by atoms with Crippen LogP contribution >= 0.6 is 0 Å². The largest absolute Gasteiger partial charge is 0.311 e. The van der Waals surface area contributed by atoms with Crippen molar-refractivity contribution in [3.8, 4) is 0 Å². The highest BCUT2D eigenvalue weighted by Crippen LogP contribution is 2.28. The van der Waals surface area contributed by atoms with E-state index in [0.29, 0.717) is 6.54 Å². The minimum atomic E-state index is -0.164. The van der Waals surface area contributed by atoms with Gasteiger partial charge in [0, 0.05) is 24.0 Å². The lowest BCUT2D eigenvalue weighted by Gasteiger charge is -2.30. The van der Waals surface area contributed by atoms with Crippen molar-refractivity contribution in [3.05, 3.63) is 57.8 Å². The van der Waals surface area contributed by atoms with Crippen molar-refractivity contribution >= 4 is 11.6 Å². The summed E-state index contributed by atoms with van der Waals surface area (Å²) in [6, 6.07) is 7.71. The van der Waals surface area contributed by atoms with Crippen LogP contribution in [0.2, 0.25) is 0 Å². The number of aromatic nitrogens is 2. The molecule has 1 aromatic carbocycles. The third kappa shape index (κ3) is 3.40. The average Bonchev–Trinajstić information content (AvgIpc) is 2.56. The maximum Gasteiger partial charge on any atom is 0.253 e. The molecule has 0 radical (unpaired) electrons. The Kier molecular flexibility index (Phi) is 4.79. The molecule has 5 nitrogen and oxygen atoms in total. The summed E-state index contributed by atoms with van der Waals surface area (Å²) in [4.78, 5) is 31.0. The van der Waals surface area contributed by atoms with Crippen molar-refractivity contribution in [2.45, 2.75) is 46.1 Å². The van der Waals surface area contributed by atoms with Gasteiger partial charge in [-0.05, 0) is 37.8 Å². The summed E-state index contributed by atoms with van der Waals surface area (Å²) in [5, 5.41) is 0. The minimum absolute atomic E-state index is 0.0333. The fourth-order valence-corrected chi connectivity index (χ4v) is 3.19. The number of hydrogen-bond donors (Lipinski definition) is 0. The fraction of sp³-hybridized carbons (Fsp3) is 0.421. The van der Waals surface area contributed by atoms with E-state index in [-0.39, 0.29) is 18.0 Å². The SMILES string of the molecule is CCCc1cc(=O)n(CC(=O)N2CCCc3cc(C)ccc32)cn1. The molecule has 0 saturated carbocycles. The average molecular weight is 325 g/mol. The topological polar surface area (TPSA) is 55.2 Å². The monoisotopic (exact) mass is 325 g/mol. The number of anilines is 1. The van der Waals surface area contributed by atoms with E-state index in [1.807, 2.05) is 19.1 Å². The number of nitrogens with zero attached hydrogens (tertiary/aromatic N) is 3. The number of fused-ring (bicyclic) bond motifs is 1. The zero-order chi connectivity index (χ0) is 17.1. The van der Waals surface area contributed by atoms with E-state index in [1.54, 1.807) is 4.90 Å². The lowest BCUT2D eigenvalue weighted by molar-refractivity contribution is -0.119. The minimum Gasteiger partial charge on any atom is -0.311 e. The molecule has 0 unspecified atom stereocenters. The van der Waals surface area contributed by atoms with E-state index >= 15 is 0 Å². The van der Waals surface area contributed by atoms with Crippen molar-refractivity contribution in [1.29, 1.82) is 0 Å². The summed E-state index contributed by atoms with van der Waals surface area (Å²) in [6.07, 6.45) is 5.16. The molecular formula is C19H23N3O2. The molecule has 24 heavy (non-hydrogen) atoms. The second-order valence-corrected chi connectivity index (χ2v) is 6.38. The highest BCUT2D eigenvalue weighted by molar-refractivity contribution is 5.94. The van der Waals surface area contributed by atoms with Crippen LogP contribution in [0.1, 0.15) is 36.6 Å². The molecule has 3 rings (SSSR count). The Hall–Kier alpha value is -2.43. The molecule has 0 saturated heterocycles. The molecular weight excluding hydrogens is 302 g/mol. The third-order valence-electron chi connectivity index (χ3n) is 4.40. The molecule has 0 atom stereocenters. The van der Waals surface area contributed by atoms with Crippen molar-refractivity contribution in [2.24, 2.45) is 0 Å². The molecule has 0 N–H and O–H groups in total. The molecule has 2 heterocycles. The van der Waals surface area contributed by atoms with Crippen molar-refractivity contribution in [1.82, 2.24) is 9.55 Å². The highest BCUT2D eigenvalue weighted by atomic mass is 16.2. The molecule has 1 aliphatic heterocycles. The van der Waals surface area contributed by atoms with E-state index in [0.717, 1.165) is 37.1 Å². The van der Waals surface area contributed by atoms with Crippen LogP contribution in [0.3, 0.4) is 0 Å². The standard InChI is InChI=1S/C19H23N3O2/c1-3-5-16-11-18(23)21(13-20-16)12-19(24)22-9-4-6-15-10-14(2)7-8-17(15)22/h7-8,10-11,13H,3-6,9,12H2,1-2H3.